The lowest BCUT2D eigenvalue weighted by Gasteiger charge is -2.42. The predicted octanol–water partition coefficient (Wildman–Crippen LogP) is 5.48. The minimum Gasteiger partial charge on any atom is -0.373 e. The van der Waals surface area contributed by atoms with Gasteiger partial charge in [0.15, 0.2) is 0 Å². The maximum atomic E-state index is 14.6. The van der Waals surface area contributed by atoms with E-state index >= 15 is 0 Å². The summed E-state index contributed by atoms with van der Waals surface area (Å²) in [7, 11) is 2.22. The van der Waals surface area contributed by atoms with Crippen molar-refractivity contribution in [2.75, 3.05) is 20.1 Å². The topological polar surface area (TPSA) is 15.7 Å². The molecular weight excluding hydrogens is 375 g/mol. The van der Waals surface area contributed by atoms with E-state index in [4.69, 9.17) is 4.74 Å². The Hall–Kier alpha value is -1.75. The minimum absolute atomic E-state index is 0.171. The number of benzene rings is 2. The lowest BCUT2D eigenvalue weighted by Crippen LogP contribution is -2.54. The molecule has 0 spiro atoms. The zero-order chi connectivity index (χ0) is 21.1. The van der Waals surface area contributed by atoms with Crippen molar-refractivity contribution in [1.82, 2.24) is 9.80 Å². The van der Waals surface area contributed by atoms with E-state index in [0.717, 1.165) is 43.6 Å². The zero-order valence-electron chi connectivity index (χ0n) is 18.6. The van der Waals surface area contributed by atoms with Crippen molar-refractivity contribution in [2.45, 2.75) is 70.9 Å². The molecule has 0 aromatic heterocycles. The minimum atomic E-state index is -0.171. The first kappa shape index (κ1) is 21.5. The van der Waals surface area contributed by atoms with Gasteiger partial charge in [0.05, 0.1) is 12.7 Å². The van der Waals surface area contributed by atoms with E-state index in [1.807, 2.05) is 12.1 Å². The zero-order valence-corrected chi connectivity index (χ0v) is 18.6. The molecule has 0 bridgehead atoms. The first-order valence-electron chi connectivity index (χ1n) is 11.4. The van der Waals surface area contributed by atoms with Crippen molar-refractivity contribution < 1.29 is 9.13 Å². The van der Waals surface area contributed by atoms with Crippen LogP contribution in [0.1, 0.15) is 50.7 Å². The van der Waals surface area contributed by atoms with Crippen molar-refractivity contribution in [3.63, 3.8) is 0 Å². The number of ether oxygens (including phenoxy) is 1. The molecule has 0 amide bonds. The maximum Gasteiger partial charge on any atom is 0.129 e. The van der Waals surface area contributed by atoms with Crippen molar-refractivity contribution in [2.24, 2.45) is 0 Å². The highest BCUT2D eigenvalue weighted by Crippen LogP contribution is 2.26. The molecule has 30 heavy (non-hydrogen) atoms. The summed E-state index contributed by atoms with van der Waals surface area (Å²) in [5.41, 5.74) is 3.94. The average Bonchev–Trinajstić information content (AvgIpc) is 3.25. The number of hydrogen-bond acceptors (Lipinski definition) is 3. The summed E-state index contributed by atoms with van der Waals surface area (Å²) < 4.78 is 20.5. The normalized spacial score (nSPS) is 23.9. The Labute approximate surface area is 180 Å². The van der Waals surface area contributed by atoms with Crippen molar-refractivity contribution >= 4 is 0 Å². The van der Waals surface area contributed by atoms with Gasteiger partial charge in [-0.3, -0.25) is 9.80 Å². The third-order valence-corrected chi connectivity index (χ3v) is 6.96. The van der Waals surface area contributed by atoms with Gasteiger partial charge in [-0.05, 0) is 56.5 Å². The van der Waals surface area contributed by atoms with E-state index in [1.54, 1.807) is 6.07 Å². The molecule has 2 aromatic carbocycles. The first-order chi connectivity index (χ1) is 14.5. The highest BCUT2D eigenvalue weighted by molar-refractivity contribution is 5.64. The van der Waals surface area contributed by atoms with Gasteiger partial charge in [-0.25, -0.2) is 4.39 Å². The number of halogens is 1. The van der Waals surface area contributed by atoms with Gasteiger partial charge in [0.2, 0.25) is 0 Å². The van der Waals surface area contributed by atoms with Crippen LogP contribution in [0.25, 0.3) is 11.1 Å². The second-order valence-electron chi connectivity index (χ2n) is 9.28. The Bertz CT molecular complexity index is 819. The quantitative estimate of drug-likeness (QED) is 0.627. The maximum absolute atomic E-state index is 14.6. The lowest BCUT2D eigenvalue weighted by atomic mass is 10.0. The van der Waals surface area contributed by atoms with Gasteiger partial charge in [-0.1, -0.05) is 49.2 Å². The Morgan fingerprint density at radius 3 is 2.20 bits per heavy atom. The smallest absolute Gasteiger partial charge is 0.129 e. The highest BCUT2D eigenvalue weighted by Gasteiger charge is 2.26. The molecule has 1 heterocycles. The van der Waals surface area contributed by atoms with Crippen LogP contribution in [0.15, 0.2) is 42.5 Å². The van der Waals surface area contributed by atoms with Gasteiger partial charge in [-0.15, -0.1) is 0 Å². The number of piperazine rings is 1. The molecule has 1 saturated heterocycles. The van der Waals surface area contributed by atoms with Crippen LogP contribution in [-0.4, -0.2) is 48.1 Å². The average molecular weight is 411 g/mol. The van der Waals surface area contributed by atoms with E-state index in [0.29, 0.717) is 30.4 Å². The summed E-state index contributed by atoms with van der Waals surface area (Å²) in [4.78, 5) is 4.99. The van der Waals surface area contributed by atoms with Crippen LogP contribution in [0.2, 0.25) is 0 Å². The van der Waals surface area contributed by atoms with Crippen molar-refractivity contribution in [1.29, 1.82) is 0 Å². The molecule has 4 rings (SSSR count). The van der Waals surface area contributed by atoms with Crippen molar-refractivity contribution in [3.8, 4) is 11.1 Å². The third-order valence-electron chi connectivity index (χ3n) is 6.96. The molecule has 1 saturated carbocycles. The Morgan fingerprint density at radius 2 is 1.57 bits per heavy atom. The van der Waals surface area contributed by atoms with Gasteiger partial charge in [-0.2, -0.15) is 0 Å². The number of likely N-dealkylation sites (N-methyl/N-ethyl adjacent to an activating group) is 1. The summed E-state index contributed by atoms with van der Waals surface area (Å²) >= 11 is 0. The van der Waals surface area contributed by atoms with Crippen LogP contribution in [0.5, 0.6) is 0 Å². The van der Waals surface area contributed by atoms with Gasteiger partial charge in [0.25, 0.3) is 0 Å². The van der Waals surface area contributed by atoms with Crippen LogP contribution in [0.3, 0.4) is 0 Å². The summed E-state index contributed by atoms with van der Waals surface area (Å²) in [5, 5.41) is 0. The Kier molecular flexibility index (Phi) is 6.87. The molecular formula is C26H35FN2O. The van der Waals surface area contributed by atoms with Crippen LogP contribution >= 0.6 is 0 Å². The van der Waals surface area contributed by atoms with E-state index in [-0.39, 0.29) is 5.82 Å². The van der Waals surface area contributed by atoms with Gasteiger partial charge in [0.1, 0.15) is 5.82 Å². The van der Waals surface area contributed by atoms with E-state index in [9.17, 15) is 4.39 Å². The predicted molar refractivity (Wildman–Crippen MR) is 121 cm³/mol. The van der Waals surface area contributed by atoms with Gasteiger partial charge < -0.3 is 4.74 Å². The Morgan fingerprint density at radius 1 is 0.933 bits per heavy atom. The third kappa shape index (κ3) is 5.11. The molecule has 0 N–H and O–H groups in total. The molecule has 162 valence electrons. The number of nitrogens with zero attached hydrogens (tertiary/aromatic N) is 2. The fourth-order valence-corrected chi connectivity index (χ4v) is 4.81. The molecule has 2 fully saturated rings. The molecule has 4 heteroatoms. The second-order valence-corrected chi connectivity index (χ2v) is 9.28. The fraction of sp³-hybridized carbons (Fsp3) is 0.538. The standard InChI is InChI=1S/C26H35FN2O/c1-19-15-29(16-20(2)28(19)3)17-21-8-10-22(11-9-21)23-12-13-24(26(27)14-23)18-30-25-6-4-5-7-25/h8-14,19-20,25H,4-7,15-18H2,1-3H3/t19-,20+. The molecule has 0 radical (unpaired) electrons. The Balaban J connectivity index is 1.37. The monoisotopic (exact) mass is 410 g/mol. The summed E-state index contributed by atoms with van der Waals surface area (Å²) in [5.74, 6) is -0.171. The number of hydrogen-bond donors (Lipinski definition) is 0. The van der Waals surface area contributed by atoms with Gasteiger partial charge in [0, 0.05) is 37.3 Å². The fourth-order valence-electron chi connectivity index (χ4n) is 4.81. The van der Waals surface area contributed by atoms with Crippen LogP contribution in [0.4, 0.5) is 4.39 Å². The van der Waals surface area contributed by atoms with Gasteiger partial charge >= 0.3 is 0 Å². The summed E-state index contributed by atoms with van der Waals surface area (Å²) in [6, 6.07) is 15.3. The summed E-state index contributed by atoms with van der Waals surface area (Å²) in [6.07, 6.45) is 4.99. The molecule has 2 aromatic rings. The highest BCUT2D eigenvalue weighted by atomic mass is 19.1. The van der Waals surface area contributed by atoms with E-state index in [2.05, 4.69) is 55.0 Å². The SMILES string of the molecule is C[C@@H]1CN(Cc2ccc(-c3ccc(COC4CCCC4)c(F)c3)cc2)C[C@H](C)N1C. The molecule has 0 unspecified atom stereocenters. The first-order valence-corrected chi connectivity index (χ1v) is 11.4. The van der Waals surface area contributed by atoms with Crippen LogP contribution in [0, 0.1) is 5.82 Å². The van der Waals surface area contributed by atoms with Crippen LogP contribution < -0.4 is 0 Å². The lowest BCUT2D eigenvalue weighted by molar-refractivity contribution is 0.0441. The molecule has 2 aliphatic rings. The second kappa shape index (κ2) is 9.59. The summed E-state index contributed by atoms with van der Waals surface area (Å²) in [6.45, 7) is 8.12. The number of rotatable bonds is 6. The van der Waals surface area contributed by atoms with E-state index in [1.165, 1.54) is 18.4 Å². The molecule has 1 aliphatic heterocycles. The molecule has 3 nitrogen and oxygen atoms in total. The van der Waals surface area contributed by atoms with Crippen LogP contribution in [-0.2, 0) is 17.9 Å². The van der Waals surface area contributed by atoms with E-state index < -0.39 is 0 Å². The molecule has 2 atom stereocenters. The van der Waals surface area contributed by atoms with Crippen molar-refractivity contribution in [3.05, 3.63) is 59.4 Å². The largest absolute Gasteiger partial charge is 0.373 e. The molecule has 1 aliphatic carbocycles.